The van der Waals surface area contributed by atoms with Crippen LogP contribution in [-0.2, 0) is 0 Å². The van der Waals surface area contributed by atoms with Crippen LogP contribution in [0, 0.1) is 12.3 Å². The summed E-state index contributed by atoms with van der Waals surface area (Å²) < 4.78 is 0. The fraction of sp³-hybridized carbons (Fsp3) is 0.111. The van der Waals surface area contributed by atoms with Gasteiger partial charge in [0.25, 0.3) is 0 Å². The van der Waals surface area contributed by atoms with Crippen molar-refractivity contribution in [2.75, 3.05) is 0 Å². The Morgan fingerprint density at radius 2 is 2.30 bits per heavy atom. The first kappa shape index (κ1) is 5.93. The summed E-state index contributed by atoms with van der Waals surface area (Å²) in [5.41, 5.74) is 1.32. The average molecular weight is 147 g/mol. The monoisotopic (exact) mass is 147 g/mol. The summed E-state index contributed by atoms with van der Waals surface area (Å²) in [5, 5.41) is 7.94. The number of aryl methyl sites for hydroxylation is 1. The Bertz CT molecular complexity index is 346. The van der Waals surface area contributed by atoms with Crippen molar-refractivity contribution >= 4 is 22.1 Å². The topological polar surface area (TPSA) is 0 Å². The van der Waals surface area contributed by atoms with Crippen LogP contribution in [0.25, 0.3) is 10.8 Å². The SMILES string of the molecule is Cc1cccc2cs[c]c12. The number of hydrogen-bond donors (Lipinski definition) is 0. The van der Waals surface area contributed by atoms with Crippen molar-refractivity contribution in [3.63, 3.8) is 0 Å². The van der Waals surface area contributed by atoms with Crippen LogP contribution in [-0.4, -0.2) is 0 Å². The number of rotatable bonds is 0. The highest BCUT2D eigenvalue weighted by Crippen LogP contribution is 2.20. The van der Waals surface area contributed by atoms with E-state index in [0.717, 1.165) is 0 Å². The lowest BCUT2D eigenvalue weighted by molar-refractivity contribution is 1.55. The second-order valence-corrected chi connectivity index (χ2v) is 3.05. The minimum atomic E-state index is 1.27. The van der Waals surface area contributed by atoms with Crippen LogP contribution >= 0.6 is 11.3 Å². The molecule has 0 aliphatic heterocycles. The largest absolute Gasteiger partial charge is 0.142 e. The molecule has 1 radical (unpaired) electrons. The summed E-state index contributed by atoms with van der Waals surface area (Å²) in [5.74, 6) is 0. The summed E-state index contributed by atoms with van der Waals surface area (Å²) in [6.45, 7) is 2.12. The highest BCUT2D eigenvalue weighted by molar-refractivity contribution is 7.08. The maximum absolute atomic E-state index is 3.23. The van der Waals surface area contributed by atoms with Crippen molar-refractivity contribution in [2.24, 2.45) is 0 Å². The van der Waals surface area contributed by atoms with Crippen molar-refractivity contribution < 1.29 is 0 Å². The molecule has 10 heavy (non-hydrogen) atoms. The molecular formula is C9H7S. The zero-order valence-electron chi connectivity index (χ0n) is 5.72. The Kier molecular flexibility index (Phi) is 1.24. The number of benzene rings is 1. The van der Waals surface area contributed by atoms with Gasteiger partial charge in [-0.15, -0.1) is 11.3 Å². The van der Waals surface area contributed by atoms with E-state index in [0.29, 0.717) is 0 Å². The Morgan fingerprint density at radius 3 is 3.10 bits per heavy atom. The van der Waals surface area contributed by atoms with E-state index in [4.69, 9.17) is 0 Å². The number of fused-ring (bicyclic) bond motifs is 1. The summed E-state index contributed by atoms with van der Waals surface area (Å²) in [6.07, 6.45) is 0. The molecule has 2 aromatic rings. The quantitative estimate of drug-likeness (QED) is 0.537. The summed E-state index contributed by atoms with van der Waals surface area (Å²) in [7, 11) is 0. The van der Waals surface area contributed by atoms with Gasteiger partial charge in [-0.2, -0.15) is 0 Å². The molecule has 1 heterocycles. The molecule has 0 aliphatic rings. The molecule has 0 amide bonds. The predicted octanol–water partition coefficient (Wildman–Crippen LogP) is 3.01. The Labute approximate surface area is 64.1 Å². The third-order valence-corrected chi connectivity index (χ3v) is 2.35. The lowest BCUT2D eigenvalue weighted by Gasteiger charge is -1.91. The molecule has 0 nitrogen and oxygen atoms in total. The molecule has 0 saturated carbocycles. The molecule has 0 aliphatic carbocycles. The summed E-state index contributed by atoms with van der Waals surface area (Å²) in [4.78, 5) is 0. The van der Waals surface area contributed by atoms with Gasteiger partial charge < -0.3 is 0 Å². The van der Waals surface area contributed by atoms with Gasteiger partial charge in [0, 0.05) is 5.39 Å². The van der Waals surface area contributed by atoms with Crippen LogP contribution in [0.15, 0.2) is 23.6 Å². The van der Waals surface area contributed by atoms with E-state index in [2.05, 4.69) is 35.9 Å². The van der Waals surface area contributed by atoms with Crippen molar-refractivity contribution in [1.29, 1.82) is 0 Å². The van der Waals surface area contributed by atoms with Crippen LogP contribution in [0.1, 0.15) is 5.56 Å². The fourth-order valence-corrected chi connectivity index (χ4v) is 1.86. The Morgan fingerprint density at radius 1 is 1.40 bits per heavy atom. The molecule has 1 aromatic carbocycles. The highest BCUT2D eigenvalue weighted by Gasteiger charge is 1.94. The predicted molar refractivity (Wildman–Crippen MR) is 45.4 cm³/mol. The molecule has 0 unspecified atom stereocenters. The Hall–Kier alpha value is -0.820. The summed E-state index contributed by atoms with van der Waals surface area (Å²) >= 11 is 1.64. The molecule has 0 saturated heterocycles. The second-order valence-electron chi connectivity index (χ2n) is 2.38. The van der Waals surface area contributed by atoms with Gasteiger partial charge in [-0.3, -0.25) is 0 Å². The van der Waals surface area contributed by atoms with Crippen LogP contribution in [0.5, 0.6) is 0 Å². The Balaban J connectivity index is 2.95. The van der Waals surface area contributed by atoms with Gasteiger partial charge in [0.2, 0.25) is 0 Å². The van der Waals surface area contributed by atoms with Crippen LogP contribution in [0.3, 0.4) is 0 Å². The number of hydrogen-bond acceptors (Lipinski definition) is 1. The van der Waals surface area contributed by atoms with E-state index < -0.39 is 0 Å². The maximum Gasteiger partial charge on any atom is 0.0530 e. The molecule has 49 valence electrons. The zero-order chi connectivity index (χ0) is 6.97. The van der Waals surface area contributed by atoms with Gasteiger partial charge in [0.15, 0.2) is 0 Å². The minimum absolute atomic E-state index is 1.27. The van der Waals surface area contributed by atoms with Crippen LogP contribution < -0.4 is 0 Å². The highest BCUT2D eigenvalue weighted by atomic mass is 32.1. The van der Waals surface area contributed by atoms with E-state index in [1.807, 2.05) is 0 Å². The van der Waals surface area contributed by atoms with Gasteiger partial charge in [-0.1, -0.05) is 18.2 Å². The van der Waals surface area contributed by atoms with E-state index in [-0.39, 0.29) is 0 Å². The third kappa shape index (κ3) is 0.745. The lowest BCUT2D eigenvalue weighted by Crippen LogP contribution is -1.69. The van der Waals surface area contributed by atoms with Gasteiger partial charge in [0.1, 0.15) is 0 Å². The van der Waals surface area contributed by atoms with Gasteiger partial charge in [-0.05, 0) is 23.3 Å². The third-order valence-electron chi connectivity index (χ3n) is 1.65. The van der Waals surface area contributed by atoms with Crippen LogP contribution in [0.4, 0.5) is 0 Å². The van der Waals surface area contributed by atoms with Crippen LogP contribution in [0.2, 0.25) is 0 Å². The van der Waals surface area contributed by atoms with Crippen molar-refractivity contribution in [2.45, 2.75) is 6.92 Å². The van der Waals surface area contributed by atoms with Crippen molar-refractivity contribution in [3.8, 4) is 0 Å². The van der Waals surface area contributed by atoms with E-state index in [1.54, 1.807) is 11.3 Å². The van der Waals surface area contributed by atoms with Gasteiger partial charge >= 0.3 is 0 Å². The van der Waals surface area contributed by atoms with Gasteiger partial charge in [-0.25, -0.2) is 0 Å². The normalized spacial score (nSPS) is 10.5. The lowest BCUT2D eigenvalue weighted by atomic mass is 10.1. The molecule has 0 atom stereocenters. The van der Waals surface area contributed by atoms with E-state index in [1.165, 1.54) is 16.3 Å². The van der Waals surface area contributed by atoms with E-state index >= 15 is 0 Å². The summed E-state index contributed by atoms with van der Waals surface area (Å²) in [6, 6.07) is 6.32. The molecule has 2 rings (SSSR count). The minimum Gasteiger partial charge on any atom is -0.142 e. The van der Waals surface area contributed by atoms with Gasteiger partial charge in [0.05, 0.1) is 5.38 Å². The molecular weight excluding hydrogens is 140 g/mol. The molecule has 0 N–H and O–H groups in total. The molecule has 0 fully saturated rings. The standard InChI is InChI=1S/C9H7S/c1-7-3-2-4-8-5-10-6-9(7)8/h2-5H,1H3. The molecule has 0 bridgehead atoms. The van der Waals surface area contributed by atoms with Crippen molar-refractivity contribution in [1.82, 2.24) is 0 Å². The first-order valence-corrected chi connectivity index (χ1v) is 4.10. The molecule has 0 spiro atoms. The fourth-order valence-electron chi connectivity index (χ4n) is 1.08. The first-order valence-electron chi connectivity index (χ1n) is 3.22. The van der Waals surface area contributed by atoms with E-state index in [9.17, 15) is 0 Å². The second kappa shape index (κ2) is 2.10. The smallest absolute Gasteiger partial charge is 0.0530 e. The average Bonchev–Trinajstić information content (AvgIpc) is 2.36. The zero-order valence-corrected chi connectivity index (χ0v) is 6.53. The molecule has 1 aromatic heterocycles. The maximum atomic E-state index is 3.23. The molecule has 1 heteroatoms. The number of thiophene rings is 1. The van der Waals surface area contributed by atoms with Crippen molar-refractivity contribution in [3.05, 3.63) is 34.5 Å². The first-order chi connectivity index (χ1) is 4.88.